The summed E-state index contributed by atoms with van der Waals surface area (Å²) in [6.45, 7) is 0.889. The fourth-order valence-corrected chi connectivity index (χ4v) is 4.64. The predicted octanol–water partition coefficient (Wildman–Crippen LogP) is 1.25. The van der Waals surface area contributed by atoms with Crippen molar-refractivity contribution in [1.82, 2.24) is 9.62 Å². The SMILES string of the molecule is COc1ccc(S(=O)(=O)N2CCCC(C(=O)NCCCO)C2)cc1Cl. The highest BCUT2D eigenvalue weighted by Gasteiger charge is 2.33. The number of hydrogen-bond acceptors (Lipinski definition) is 5. The third-order valence-corrected chi connectivity index (χ3v) is 6.31. The molecule has 0 aromatic heterocycles. The Hall–Kier alpha value is -1.35. The maximum Gasteiger partial charge on any atom is 0.243 e. The summed E-state index contributed by atoms with van der Waals surface area (Å²) in [7, 11) is -2.27. The molecule has 9 heteroatoms. The zero-order valence-corrected chi connectivity index (χ0v) is 15.6. The van der Waals surface area contributed by atoms with Crippen LogP contribution in [0.25, 0.3) is 0 Å². The van der Waals surface area contributed by atoms with Crippen LogP contribution >= 0.6 is 11.6 Å². The van der Waals surface area contributed by atoms with E-state index < -0.39 is 15.9 Å². The number of aliphatic hydroxyl groups is 1. The highest BCUT2D eigenvalue weighted by atomic mass is 35.5. The number of rotatable bonds is 7. The van der Waals surface area contributed by atoms with Crippen molar-refractivity contribution < 1.29 is 23.1 Å². The number of benzene rings is 1. The molecule has 1 aromatic rings. The van der Waals surface area contributed by atoms with E-state index in [9.17, 15) is 13.2 Å². The number of carbonyl (C=O) groups excluding carboxylic acids is 1. The molecule has 7 nitrogen and oxygen atoms in total. The monoisotopic (exact) mass is 390 g/mol. The molecular weight excluding hydrogens is 368 g/mol. The summed E-state index contributed by atoms with van der Waals surface area (Å²) in [6.07, 6.45) is 1.73. The number of nitrogens with one attached hydrogen (secondary N) is 1. The normalized spacial score (nSPS) is 18.8. The molecule has 2 rings (SSSR count). The van der Waals surface area contributed by atoms with Crippen LogP contribution < -0.4 is 10.1 Å². The molecule has 1 aliphatic rings. The van der Waals surface area contributed by atoms with E-state index in [1.54, 1.807) is 0 Å². The molecule has 0 spiro atoms. The number of piperidine rings is 1. The van der Waals surface area contributed by atoms with Crippen LogP contribution in [-0.2, 0) is 14.8 Å². The first-order valence-corrected chi connectivity index (χ1v) is 9.94. The minimum Gasteiger partial charge on any atom is -0.495 e. The highest BCUT2D eigenvalue weighted by molar-refractivity contribution is 7.89. The van der Waals surface area contributed by atoms with Gasteiger partial charge in [-0.05, 0) is 37.5 Å². The van der Waals surface area contributed by atoms with Gasteiger partial charge in [-0.3, -0.25) is 4.79 Å². The molecule has 1 aromatic carbocycles. The summed E-state index contributed by atoms with van der Waals surface area (Å²) in [5.74, 6) is -0.169. The Morgan fingerprint density at radius 1 is 1.48 bits per heavy atom. The van der Waals surface area contributed by atoms with Gasteiger partial charge in [-0.1, -0.05) is 11.6 Å². The second-order valence-corrected chi connectivity index (χ2v) is 8.21. The van der Waals surface area contributed by atoms with E-state index in [1.165, 1.54) is 29.6 Å². The van der Waals surface area contributed by atoms with Gasteiger partial charge in [0.25, 0.3) is 0 Å². The van der Waals surface area contributed by atoms with Gasteiger partial charge in [0.2, 0.25) is 15.9 Å². The third-order valence-electron chi connectivity index (χ3n) is 4.15. The second kappa shape index (κ2) is 8.84. The largest absolute Gasteiger partial charge is 0.495 e. The molecule has 1 fully saturated rings. The van der Waals surface area contributed by atoms with Gasteiger partial charge in [0.1, 0.15) is 5.75 Å². The molecule has 1 unspecified atom stereocenters. The smallest absolute Gasteiger partial charge is 0.243 e. The van der Waals surface area contributed by atoms with E-state index in [4.69, 9.17) is 21.4 Å². The highest BCUT2D eigenvalue weighted by Crippen LogP contribution is 2.30. The molecule has 0 bridgehead atoms. The summed E-state index contributed by atoms with van der Waals surface area (Å²) in [4.78, 5) is 12.3. The summed E-state index contributed by atoms with van der Waals surface area (Å²) in [6, 6.07) is 4.32. The van der Waals surface area contributed by atoms with Crippen molar-refractivity contribution in [3.63, 3.8) is 0 Å². The first-order valence-electron chi connectivity index (χ1n) is 8.12. The minimum atomic E-state index is -3.73. The lowest BCUT2D eigenvalue weighted by atomic mass is 9.99. The van der Waals surface area contributed by atoms with Crippen molar-refractivity contribution in [3.05, 3.63) is 23.2 Å². The van der Waals surface area contributed by atoms with Gasteiger partial charge < -0.3 is 15.2 Å². The molecular formula is C16H23ClN2O5S. The van der Waals surface area contributed by atoms with Gasteiger partial charge >= 0.3 is 0 Å². The summed E-state index contributed by atoms with van der Waals surface area (Å²) in [5, 5.41) is 11.7. The molecule has 140 valence electrons. The lowest BCUT2D eigenvalue weighted by Crippen LogP contribution is -2.45. The number of ether oxygens (including phenoxy) is 1. The fraction of sp³-hybridized carbons (Fsp3) is 0.562. The maximum atomic E-state index is 12.8. The van der Waals surface area contributed by atoms with Crippen LogP contribution in [0.2, 0.25) is 5.02 Å². The molecule has 2 N–H and O–H groups in total. The molecule has 0 saturated carbocycles. The lowest BCUT2D eigenvalue weighted by molar-refractivity contribution is -0.126. The van der Waals surface area contributed by atoms with Crippen LogP contribution in [0.3, 0.4) is 0 Å². The topological polar surface area (TPSA) is 95.9 Å². The average Bonchev–Trinajstić information content (AvgIpc) is 2.61. The van der Waals surface area contributed by atoms with Gasteiger partial charge in [0, 0.05) is 26.2 Å². The van der Waals surface area contributed by atoms with E-state index in [0.29, 0.717) is 38.1 Å². The van der Waals surface area contributed by atoms with Crippen molar-refractivity contribution in [2.75, 3.05) is 33.4 Å². The van der Waals surface area contributed by atoms with Gasteiger partial charge in [0.15, 0.2) is 0 Å². The van der Waals surface area contributed by atoms with Gasteiger partial charge in [0.05, 0.1) is 22.9 Å². The summed E-state index contributed by atoms with van der Waals surface area (Å²) in [5.41, 5.74) is 0. The summed E-state index contributed by atoms with van der Waals surface area (Å²) < 4.78 is 32.0. The predicted molar refractivity (Wildman–Crippen MR) is 94.2 cm³/mol. The van der Waals surface area contributed by atoms with Crippen molar-refractivity contribution in [1.29, 1.82) is 0 Å². The molecule has 1 atom stereocenters. The van der Waals surface area contributed by atoms with Crippen molar-refractivity contribution >= 4 is 27.5 Å². The van der Waals surface area contributed by atoms with Crippen LogP contribution in [0, 0.1) is 5.92 Å². The second-order valence-electron chi connectivity index (χ2n) is 5.87. The molecule has 1 amide bonds. The summed E-state index contributed by atoms with van der Waals surface area (Å²) >= 11 is 6.03. The van der Waals surface area contributed by atoms with E-state index in [1.807, 2.05) is 0 Å². The molecule has 1 aliphatic heterocycles. The Labute approximate surface area is 153 Å². The Balaban J connectivity index is 2.11. The standard InChI is InChI=1S/C16H23ClN2O5S/c1-24-15-6-5-13(10-14(15)17)25(22,23)19-8-2-4-12(11-19)16(21)18-7-3-9-20/h5-6,10,12,20H,2-4,7-9,11H2,1H3,(H,18,21). The Morgan fingerprint density at radius 2 is 2.24 bits per heavy atom. The maximum absolute atomic E-state index is 12.8. The third kappa shape index (κ3) is 4.84. The van der Waals surface area contributed by atoms with E-state index >= 15 is 0 Å². The van der Waals surface area contributed by atoms with Crippen LogP contribution in [0.1, 0.15) is 19.3 Å². The first kappa shape index (κ1) is 20.0. The Morgan fingerprint density at radius 3 is 2.88 bits per heavy atom. The Kier molecular flexibility index (Phi) is 7.06. The van der Waals surface area contributed by atoms with Crippen molar-refractivity contribution in [2.45, 2.75) is 24.2 Å². The van der Waals surface area contributed by atoms with Gasteiger partial charge in [-0.25, -0.2) is 8.42 Å². The van der Waals surface area contributed by atoms with E-state index in [-0.39, 0.29) is 29.0 Å². The average molecular weight is 391 g/mol. The fourth-order valence-electron chi connectivity index (χ4n) is 2.77. The number of carbonyl (C=O) groups is 1. The zero-order valence-electron chi connectivity index (χ0n) is 14.1. The molecule has 0 radical (unpaired) electrons. The van der Waals surface area contributed by atoms with Crippen LogP contribution in [0.15, 0.2) is 23.1 Å². The number of aliphatic hydroxyl groups excluding tert-OH is 1. The number of amides is 1. The molecule has 0 aliphatic carbocycles. The number of methoxy groups -OCH3 is 1. The molecule has 1 saturated heterocycles. The Bertz CT molecular complexity index is 710. The quantitative estimate of drug-likeness (QED) is 0.683. The molecule has 25 heavy (non-hydrogen) atoms. The number of sulfonamides is 1. The van der Waals surface area contributed by atoms with Crippen LogP contribution in [-0.4, -0.2) is 57.1 Å². The van der Waals surface area contributed by atoms with Crippen LogP contribution in [0.4, 0.5) is 0 Å². The van der Waals surface area contributed by atoms with Gasteiger partial charge in [-0.2, -0.15) is 4.31 Å². The van der Waals surface area contributed by atoms with Gasteiger partial charge in [-0.15, -0.1) is 0 Å². The number of hydrogen-bond donors (Lipinski definition) is 2. The zero-order chi connectivity index (χ0) is 18.4. The number of nitrogens with zero attached hydrogens (tertiary/aromatic N) is 1. The first-order chi connectivity index (χ1) is 11.9. The minimum absolute atomic E-state index is 0.00365. The van der Waals surface area contributed by atoms with Crippen LogP contribution in [0.5, 0.6) is 5.75 Å². The number of halogens is 1. The lowest BCUT2D eigenvalue weighted by Gasteiger charge is -2.31. The molecule has 1 heterocycles. The van der Waals surface area contributed by atoms with E-state index in [2.05, 4.69) is 5.32 Å². The van der Waals surface area contributed by atoms with E-state index in [0.717, 1.165) is 0 Å². The van der Waals surface area contributed by atoms with Crippen molar-refractivity contribution in [3.8, 4) is 5.75 Å². The van der Waals surface area contributed by atoms with Crippen molar-refractivity contribution in [2.24, 2.45) is 5.92 Å².